The smallest absolute Gasteiger partial charge is 0.113 e. The number of hydrogen-bond donors (Lipinski definition) is 0. The van der Waals surface area contributed by atoms with Gasteiger partial charge in [0.25, 0.3) is 0 Å². The van der Waals surface area contributed by atoms with Crippen molar-refractivity contribution < 1.29 is 26.2 Å². The lowest BCUT2D eigenvalue weighted by Gasteiger charge is -2.34. The van der Waals surface area contributed by atoms with E-state index in [-0.39, 0.29) is 13.1 Å². The average Bonchev–Trinajstić information content (AvgIpc) is 2.49. The van der Waals surface area contributed by atoms with Gasteiger partial charge in [0.15, 0.2) is 0 Å². The fourth-order valence-electron chi connectivity index (χ4n) is 2.46. The number of quaternary nitrogens is 1. The van der Waals surface area contributed by atoms with E-state index in [1.807, 2.05) is 0 Å². The van der Waals surface area contributed by atoms with Crippen molar-refractivity contribution >= 4 is 10.1 Å². The van der Waals surface area contributed by atoms with E-state index in [4.69, 9.17) is 0 Å². The van der Waals surface area contributed by atoms with Crippen molar-refractivity contribution in [1.82, 2.24) is 0 Å². The van der Waals surface area contributed by atoms with E-state index in [0.717, 1.165) is 0 Å². The highest BCUT2D eigenvalue weighted by molar-refractivity contribution is 7.85. The van der Waals surface area contributed by atoms with Gasteiger partial charge >= 0.3 is 0 Å². The minimum absolute atomic E-state index is 0.0632. The number of rotatable bonds is 12. The highest BCUT2D eigenvalue weighted by atomic mass is 32.2. The summed E-state index contributed by atoms with van der Waals surface area (Å²) >= 11 is 0. The quantitative estimate of drug-likeness (QED) is 0.303. The predicted octanol–water partition coefficient (Wildman–Crippen LogP) is 3.67. The molecule has 0 fully saturated rings. The molecule has 0 aromatic carbocycles. The van der Waals surface area contributed by atoms with Gasteiger partial charge in [0.2, 0.25) is 0 Å². The highest BCUT2D eigenvalue weighted by Gasteiger charge is 2.16. The van der Waals surface area contributed by atoms with E-state index >= 15 is 0 Å². The van der Waals surface area contributed by atoms with Gasteiger partial charge in [-0.05, 0) is 40.5 Å². The fourth-order valence-corrected chi connectivity index (χ4v) is 3.07. The van der Waals surface area contributed by atoms with Crippen LogP contribution in [0.4, 0.5) is 8.78 Å². The molecule has 0 amide bonds. The molecule has 142 valence electrons. The average molecular weight is 360 g/mol. The number of alkyl halides is 2. The maximum absolute atomic E-state index is 12.8. The zero-order valence-corrected chi connectivity index (χ0v) is 16.0. The van der Waals surface area contributed by atoms with Gasteiger partial charge < -0.3 is 9.04 Å². The summed E-state index contributed by atoms with van der Waals surface area (Å²) < 4.78 is 56.0. The molecular formula is C16H35F2NO3S. The van der Waals surface area contributed by atoms with Crippen molar-refractivity contribution in [3.05, 3.63) is 0 Å². The lowest BCUT2D eigenvalue weighted by atomic mass is 10.1. The molecule has 0 aromatic heterocycles. The van der Waals surface area contributed by atoms with Crippen molar-refractivity contribution in [3.63, 3.8) is 0 Å². The van der Waals surface area contributed by atoms with Crippen LogP contribution in [0.2, 0.25) is 0 Å². The Hall–Kier alpha value is -0.270. The molecule has 0 aromatic rings. The van der Waals surface area contributed by atoms with E-state index in [1.165, 1.54) is 30.7 Å². The summed E-state index contributed by atoms with van der Waals surface area (Å²) in [5, 5.41) is 0. The summed E-state index contributed by atoms with van der Waals surface area (Å²) in [6.45, 7) is 13.8. The fraction of sp³-hybridized carbons (Fsp3) is 1.00. The SMILES string of the molecule is CC[N+](CC)(CC)CC.O=S(=O)([O-])CC(F)CCCCCCF. The lowest BCUT2D eigenvalue weighted by molar-refractivity contribution is -0.921. The summed E-state index contributed by atoms with van der Waals surface area (Å²) in [5.41, 5.74) is 0. The van der Waals surface area contributed by atoms with Crippen LogP contribution in [-0.4, -0.2) is 62.2 Å². The van der Waals surface area contributed by atoms with Crippen LogP contribution in [-0.2, 0) is 10.1 Å². The van der Waals surface area contributed by atoms with E-state index in [9.17, 15) is 21.8 Å². The molecule has 0 saturated heterocycles. The zero-order chi connectivity index (χ0) is 18.4. The van der Waals surface area contributed by atoms with Crippen LogP contribution in [0.1, 0.15) is 59.8 Å². The topological polar surface area (TPSA) is 57.2 Å². The summed E-state index contributed by atoms with van der Waals surface area (Å²) in [4.78, 5) is 0. The Morgan fingerprint density at radius 1 is 0.913 bits per heavy atom. The predicted molar refractivity (Wildman–Crippen MR) is 90.9 cm³/mol. The van der Waals surface area contributed by atoms with Crippen LogP contribution in [0.3, 0.4) is 0 Å². The van der Waals surface area contributed by atoms with Crippen LogP contribution < -0.4 is 0 Å². The molecule has 1 unspecified atom stereocenters. The van der Waals surface area contributed by atoms with E-state index < -0.39 is 22.0 Å². The summed E-state index contributed by atoms with van der Waals surface area (Å²) in [6.07, 6.45) is 0.778. The van der Waals surface area contributed by atoms with Crippen molar-refractivity contribution in [2.75, 3.05) is 38.6 Å². The lowest BCUT2D eigenvalue weighted by Crippen LogP contribution is -2.47. The van der Waals surface area contributed by atoms with E-state index in [0.29, 0.717) is 25.7 Å². The first-order chi connectivity index (χ1) is 10.7. The maximum Gasteiger partial charge on any atom is 0.113 e. The maximum atomic E-state index is 12.8. The third-order valence-electron chi connectivity index (χ3n) is 4.47. The second kappa shape index (κ2) is 14.1. The van der Waals surface area contributed by atoms with Crippen molar-refractivity contribution in [2.45, 2.75) is 66.0 Å². The molecule has 0 radical (unpaired) electrons. The monoisotopic (exact) mass is 359 g/mol. The zero-order valence-electron chi connectivity index (χ0n) is 15.2. The summed E-state index contributed by atoms with van der Waals surface area (Å²) in [6, 6.07) is 0. The molecule has 7 heteroatoms. The standard InChI is InChI=1S/C8H16F2O3S.C8H20N/c9-6-4-2-1-3-5-8(10)7-14(11,12)13;1-5-9(6-2,7-3)8-4/h8H,1-7H2,(H,11,12,13);5-8H2,1-4H3/q;+1/p-1. The first-order valence-corrected chi connectivity index (χ1v) is 10.3. The van der Waals surface area contributed by atoms with Gasteiger partial charge in [-0.25, -0.2) is 12.8 Å². The highest BCUT2D eigenvalue weighted by Crippen LogP contribution is 2.09. The number of hydrogen-bond acceptors (Lipinski definition) is 3. The first kappa shape index (κ1) is 25.0. The van der Waals surface area contributed by atoms with Gasteiger partial charge in [0.1, 0.15) is 6.17 Å². The Bertz CT molecular complexity index is 343. The molecular weight excluding hydrogens is 324 g/mol. The second-order valence-corrected chi connectivity index (χ2v) is 7.27. The van der Waals surface area contributed by atoms with Crippen molar-refractivity contribution in [3.8, 4) is 0 Å². The Kier molecular flexibility index (Phi) is 15.3. The van der Waals surface area contributed by atoms with E-state index in [2.05, 4.69) is 27.7 Å². The summed E-state index contributed by atoms with van der Waals surface area (Å²) in [7, 11) is -4.46. The van der Waals surface area contributed by atoms with Crippen LogP contribution in [0.5, 0.6) is 0 Å². The molecule has 0 saturated carbocycles. The van der Waals surface area contributed by atoms with Gasteiger partial charge in [-0.3, -0.25) is 4.39 Å². The van der Waals surface area contributed by atoms with Crippen molar-refractivity contribution in [2.24, 2.45) is 0 Å². The molecule has 4 nitrogen and oxygen atoms in total. The van der Waals surface area contributed by atoms with Crippen LogP contribution in [0.25, 0.3) is 0 Å². The van der Waals surface area contributed by atoms with Crippen LogP contribution in [0, 0.1) is 0 Å². The third-order valence-corrected chi connectivity index (χ3v) is 5.24. The molecule has 0 spiro atoms. The third kappa shape index (κ3) is 15.0. The minimum atomic E-state index is -4.46. The minimum Gasteiger partial charge on any atom is -0.748 e. The van der Waals surface area contributed by atoms with Crippen molar-refractivity contribution in [1.29, 1.82) is 0 Å². The molecule has 0 heterocycles. The Morgan fingerprint density at radius 3 is 1.65 bits per heavy atom. The van der Waals surface area contributed by atoms with Gasteiger partial charge in [-0.1, -0.05) is 19.3 Å². The molecule has 0 aliphatic rings. The molecule has 0 aliphatic heterocycles. The Balaban J connectivity index is 0. The Morgan fingerprint density at radius 2 is 1.35 bits per heavy atom. The molecule has 1 atom stereocenters. The van der Waals surface area contributed by atoms with E-state index in [1.54, 1.807) is 0 Å². The number of nitrogens with zero attached hydrogens (tertiary/aromatic N) is 1. The van der Waals surface area contributed by atoms with Crippen LogP contribution in [0.15, 0.2) is 0 Å². The molecule has 23 heavy (non-hydrogen) atoms. The van der Waals surface area contributed by atoms with Gasteiger partial charge in [0, 0.05) is 0 Å². The largest absolute Gasteiger partial charge is 0.748 e. The normalized spacial score (nSPS) is 13.3. The van der Waals surface area contributed by atoms with Gasteiger partial charge in [-0.2, -0.15) is 0 Å². The molecule has 0 N–H and O–H groups in total. The number of halogens is 2. The molecule has 0 rings (SSSR count). The van der Waals surface area contributed by atoms with Gasteiger partial charge in [-0.15, -0.1) is 0 Å². The van der Waals surface area contributed by atoms with Crippen LogP contribution >= 0.6 is 0 Å². The molecule has 0 aliphatic carbocycles. The first-order valence-electron chi connectivity index (χ1n) is 8.68. The Labute approximate surface area is 141 Å². The van der Waals surface area contributed by atoms with Gasteiger partial charge in [0.05, 0.1) is 48.7 Å². The number of unbranched alkanes of at least 4 members (excludes halogenated alkanes) is 3. The summed E-state index contributed by atoms with van der Waals surface area (Å²) in [5.74, 6) is -0.948. The second-order valence-electron chi connectivity index (χ2n) is 5.82. The molecule has 0 bridgehead atoms.